The van der Waals surface area contributed by atoms with Gasteiger partial charge in [0.2, 0.25) is 0 Å². The number of ether oxygens (including phenoxy) is 2. The van der Waals surface area contributed by atoms with Gasteiger partial charge in [-0.3, -0.25) is 4.79 Å². The Hall–Kier alpha value is -4.33. The second-order valence-corrected chi connectivity index (χ2v) is 7.44. The van der Waals surface area contributed by atoms with Crippen molar-refractivity contribution in [2.24, 2.45) is 0 Å². The highest BCUT2D eigenvalue weighted by Crippen LogP contribution is 2.22. The number of benzene rings is 2. The van der Waals surface area contributed by atoms with E-state index in [1.807, 2.05) is 26.0 Å². The van der Waals surface area contributed by atoms with Crippen LogP contribution in [0.1, 0.15) is 27.2 Å². The Kier molecular flexibility index (Phi) is 6.26. The normalized spacial score (nSPS) is 10.7. The summed E-state index contributed by atoms with van der Waals surface area (Å²) < 4.78 is 21.2. The summed E-state index contributed by atoms with van der Waals surface area (Å²) in [5.74, 6) is 0.156. The van der Waals surface area contributed by atoms with Crippen molar-refractivity contribution in [1.29, 1.82) is 0 Å². The summed E-state index contributed by atoms with van der Waals surface area (Å²) in [4.78, 5) is 36.8. The van der Waals surface area contributed by atoms with Crippen molar-refractivity contribution < 1.29 is 27.9 Å². The Morgan fingerprint density at radius 3 is 2.64 bits per heavy atom. The minimum Gasteiger partial charge on any atom is -0.482 e. The van der Waals surface area contributed by atoms with Crippen LogP contribution in [0.15, 0.2) is 74.5 Å². The molecular weight excluding hydrogens is 426 g/mol. The van der Waals surface area contributed by atoms with Gasteiger partial charge in [0.1, 0.15) is 28.4 Å². The lowest BCUT2D eigenvalue weighted by Gasteiger charge is -2.10. The second kappa shape index (κ2) is 9.44. The Morgan fingerprint density at radius 2 is 1.88 bits per heavy atom. The summed E-state index contributed by atoms with van der Waals surface area (Å²) in [6.07, 6.45) is 1.49. The minimum absolute atomic E-state index is 0.138. The summed E-state index contributed by atoms with van der Waals surface area (Å²) in [6, 6.07) is 15.0. The van der Waals surface area contributed by atoms with Crippen molar-refractivity contribution in [2.75, 3.05) is 6.61 Å². The summed E-state index contributed by atoms with van der Waals surface area (Å²) in [6.45, 7) is 3.73. The fourth-order valence-corrected chi connectivity index (χ4v) is 3.25. The van der Waals surface area contributed by atoms with Crippen LogP contribution in [0, 0.1) is 13.8 Å². The Balaban J connectivity index is 1.42. The molecule has 4 rings (SSSR count). The summed E-state index contributed by atoms with van der Waals surface area (Å²) in [7, 11) is 0. The van der Waals surface area contributed by atoms with E-state index in [1.54, 1.807) is 30.3 Å². The fourth-order valence-electron chi connectivity index (χ4n) is 3.25. The van der Waals surface area contributed by atoms with Gasteiger partial charge >= 0.3 is 11.6 Å². The number of esters is 1. The monoisotopic (exact) mass is 447 g/mol. The van der Waals surface area contributed by atoms with Crippen molar-refractivity contribution in [2.45, 2.75) is 20.4 Å². The first-order valence-electron chi connectivity index (χ1n) is 10.2. The average Bonchev–Trinajstić information content (AvgIpc) is 3.30. The van der Waals surface area contributed by atoms with Crippen LogP contribution < -0.4 is 20.4 Å². The second-order valence-electron chi connectivity index (χ2n) is 7.44. The lowest BCUT2D eigenvalue weighted by Crippen LogP contribution is -2.27. The fraction of sp³-hybridized carbons (Fsp3) is 0.160. The van der Waals surface area contributed by atoms with Gasteiger partial charge in [0, 0.05) is 11.5 Å². The molecule has 0 saturated carbocycles. The molecule has 2 heterocycles. The van der Waals surface area contributed by atoms with Crippen LogP contribution in [0.2, 0.25) is 0 Å². The molecule has 0 unspecified atom stereocenters. The number of furan rings is 1. The highest BCUT2D eigenvalue weighted by atomic mass is 16.6. The molecule has 0 fully saturated rings. The number of aryl methyl sites for hydroxylation is 2. The van der Waals surface area contributed by atoms with E-state index in [0.717, 1.165) is 11.1 Å². The van der Waals surface area contributed by atoms with Gasteiger partial charge in [-0.05, 0) is 55.8 Å². The molecule has 0 radical (unpaired) electrons. The Labute approximate surface area is 188 Å². The number of amides is 1. The van der Waals surface area contributed by atoms with Gasteiger partial charge < -0.3 is 23.6 Å². The van der Waals surface area contributed by atoms with Crippen LogP contribution in [0.25, 0.3) is 11.0 Å². The average molecular weight is 447 g/mol. The number of rotatable bonds is 7. The van der Waals surface area contributed by atoms with E-state index >= 15 is 0 Å². The molecule has 0 bridgehead atoms. The van der Waals surface area contributed by atoms with Crippen LogP contribution in [0.3, 0.4) is 0 Å². The van der Waals surface area contributed by atoms with E-state index in [4.69, 9.17) is 18.3 Å². The molecule has 8 nitrogen and oxygen atoms in total. The number of nitrogens with one attached hydrogen (secondary N) is 1. The van der Waals surface area contributed by atoms with Gasteiger partial charge in [0.15, 0.2) is 6.61 Å². The first-order valence-corrected chi connectivity index (χ1v) is 10.2. The van der Waals surface area contributed by atoms with Crippen LogP contribution in [-0.2, 0) is 11.3 Å². The van der Waals surface area contributed by atoms with Gasteiger partial charge in [-0.2, -0.15) is 0 Å². The SMILES string of the molecule is Cc1ccc(OCC(=O)Oc2ccc3cc(C(=O)NCc4ccco4)c(=O)oc3c2)c(C)c1. The maximum atomic E-state index is 12.4. The van der Waals surface area contributed by atoms with Crippen LogP contribution in [0.4, 0.5) is 0 Å². The molecule has 0 saturated heterocycles. The van der Waals surface area contributed by atoms with Crippen molar-refractivity contribution in [3.63, 3.8) is 0 Å². The maximum Gasteiger partial charge on any atom is 0.349 e. The quantitative estimate of drug-likeness (QED) is 0.260. The summed E-state index contributed by atoms with van der Waals surface area (Å²) >= 11 is 0. The lowest BCUT2D eigenvalue weighted by atomic mass is 10.1. The molecule has 2 aromatic carbocycles. The molecule has 1 amide bonds. The molecule has 8 heteroatoms. The van der Waals surface area contributed by atoms with E-state index in [9.17, 15) is 14.4 Å². The molecule has 0 aliphatic carbocycles. The van der Waals surface area contributed by atoms with E-state index in [2.05, 4.69) is 5.32 Å². The lowest BCUT2D eigenvalue weighted by molar-refractivity contribution is -0.136. The maximum absolute atomic E-state index is 12.4. The molecular formula is C25H21NO7. The van der Waals surface area contributed by atoms with Gasteiger partial charge in [-0.25, -0.2) is 9.59 Å². The summed E-state index contributed by atoms with van der Waals surface area (Å²) in [5.41, 5.74) is 1.25. The third-order valence-corrected chi connectivity index (χ3v) is 4.86. The standard InChI is InChI=1S/C25H21NO7/c1-15-5-8-21(16(2)10-15)31-14-23(27)32-18-7-6-17-11-20(25(29)33-22(17)12-18)24(28)26-13-19-4-3-9-30-19/h3-12H,13-14H2,1-2H3,(H,26,28). The Morgan fingerprint density at radius 1 is 1.03 bits per heavy atom. The Bertz CT molecular complexity index is 1370. The highest BCUT2D eigenvalue weighted by molar-refractivity contribution is 5.96. The first-order chi connectivity index (χ1) is 15.9. The van der Waals surface area contributed by atoms with E-state index < -0.39 is 17.5 Å². The molecule has 0 aliphatic rings. The molecule has 2 aromatic heterocycles. The smallest absolute Gasteiger partial charge is 0.349 e. The van der Waals surface area contributed by atoms with Crippen LogP contribution in [0.5, 0.6) is 11.5 Å². The van der Waals surface area contributed by atoms with Crippen molar-refractivity contribution in [3.05, 3.63) is 93.7 Å². The van der Waals surface area contributed by atoms with Gasteiger partial charge in [0.05, 0.1) is 12.8 Å². The third kappa shape index (κ3) is 5.30. The molecule has 0 atom stereocenters. The van der Waals surface area contributed by atoms with Crippen molar-refractivity contribution >= 4 is 22.8 Å². The van der Waals surface area contributed by atoms with Crippen molar-refractivity contribution in [1.82, 2.24) is 5.32 Å². The number of fused-ring (bicyclic) bond motifs is 1. The number of carbonyl (C=O) groups is 2. The largest absolute Gasteiger partial charge is 0.482 e. The molecule has 168 valence electrons. The van der Waals surface area contributed by atoms with Crippen LogP contribution >= 0.6 is 0 Å². The number of carbonyl (C=O) groups excluding carboxylic acids is 2. The van der Waals surface area contributed by atoms with Gasteiger partial charge in [0.25, 0.3) is 5.91 Å². The molecule has 0 spiro atoms. The van der Waals surface area contributed by atoms with Crippen LogP contribution in [-0.4, -0.2) is 18.5 Å². The van der Waals surface area contributed by atoms with E-state index in [-0.39, 0.29) is 30.0 Å². The molecule has 1 N–H and O–H groups in total. The molecule has 0 aliphatic heterocycles. The van der Waals surface area contributed by atoms with Crippen molar-refractivity contribution in [3.8, 4) is 11.5 Å². The molecule has 4 aromatic rings. The van der Waals surface area contributed by atoms with Gasteiger partial charge in [-0.1, -0.05) is 17.7 Å². The zero-order chi connectivity index (χ0) is 23.4. The van der Waals surface area contributed by atoms with Gasteiger partial charge in [-0.15, -0.1) is 0 Å². The topological polar surface area (TPSA) is 108 Å². The summed E-state index contributed by atoms with van der Waals surface area (Å²) in [5, 5.41) is 3.11. The minimum atomic E-state index is -0.805. The van der Waals surface area contributed by atoms with E-state index in [0.29, 0.717) is 16.9 Å². The third-order valence-electron chi connectivity index (χ3n) is 4.86. The first kappa shape index (κ1) is 21.9. The predicted octanol–water partition coefficient (Wildman–Crippen LogP) is 3.92. The number of hydrogen-bond acceptors (Lipinski definition) is 7. The predicted molar refractivity (Wildman–Crippen MR) is 119 cm³/mol. The number of hydrogen-bond donors (Lipinski definition) is 1. The zero-order valence-corrected chi connectivity index (χ0v) is 18.0. The highest BCUT2D eigenvalue weighted by Gasteiger charge is 2.15. The molecule has 33 heavy (non-hydrogen) atoms. The zero-order valence-electron chi connectivity index (χ0n) is 18.0. The van der Waals surface area contributed by atoms with E-state index in [1.165, 1.54) is 18.4 Å².